The van der Waals surface area contributed by atoms with Crippen molar-refractivity contribution in [1.82, 2.24) is 20.4 Å². The molecule has 0 spiro atoms. The van der Waals surface area contributed by atoms with E-state index in [1.165, 1.54) is 0 Å². The van der Waals surface area contributed by atoms with Gasteiger partial charge in [-0.3, -0.25) is 0 Å². The van der Waals surface area contributed by atoms with Gasteiger partial charge in [-0.25, -0.2) is 0 Å². The molecule has 0 amide bonds. The van der Waals surface area contributed by atoms with Crippen LogP contribution in [0.3, 0.4) is 0 Å². The van der Waals surface area contributed by atoms with Crippen molar-refractivity contribution in [3.8, 4) is 6.07 Å². The molecule has 24 heavy (non-hydrogen) atoms. The topological polar surface area (TPSA) is 90.6 Å². The Morgan fingerprint density at radius 3 is 2.71 bits per heavy atom. The van der Waals surface area contributed by atoms with Gasteiger partial charge in [0.2, 0.25) is 0 Å². The minimum atomic E-state index is 0.199. The predicted octanol–water partition coefficient (Wildman–Crippen LogP) is 2.14. The molecule has 1 aliphatic heterocycles. The highest BCUT2D eigenvalue weighted by atomic mass is 15.3. The molecule has 7 heteroatoms. The number of anilines is 2. The van der Waals surface area contributed by atoms with E-state index in [1.807, 2.05) is 32.9 Å². The first-order chi connectivity index (χ1) is 11.6. The van der Waals surface area contributed by atoms with Gasteiger partial charge in [0.25, 0.3) is 0 Å². The molecule has 3 heterocycles. The summed E-state index contributed by atoms with van der Waals surface area (Å²) >= 11 is 0. The van der Waals surface area contributed by atoms with Crippen molar-refractivity contribution in [2.24, 2.45) is 0 Å². The van der Waals surface area contributed by atoms with Crippen LogP contribution in [-0.4, -0.2) is 39.5 Å². The fraction of sp³-hybridized carbons (Fsp3) is 0.471. The van der Waals surface area contributed by atoms with E-state index < -0.39 is 0 Å². The molecule has 1 fully saturated rings. The van der Waals surface area contributed by atoms with Crippen LogP contribution < -0.4 is 10.2 Å². The van der Waals surface area contributed by atoms with Crippen LogP contribution in [0.5, 0.6) is 0 Å². The van der Waals surface area contributed by atoms with Gasteiger partial charge in [0, 0.05) is 19.1 Å². The molecule has 0 saturated carbocycles. The van der Waals surface area contributed by atoms with E-state index in [9.17, 15) is 5.26 Å². The van der Waals surface area contributed by atoms with Crippen LogP contribution in [0.2, 0.25) is 0 Å². The van der Waals surface area contributed by atoms with E-state index in [2.05, 4.69) is 36.7 Å². The van der Waals surface area contributed by atoms with Crippen molar-refractivity contribution in [1.29, 1.82) is 5.26 Å². The van der Waals surface area contributed by atoms with Crippen molar-refractivity contribution in [2.45, 2.75) is 39.7 Å². The third-order valence-electron chi connectivity index (χ3n) is 4.44. The lowest BCUT2D eigenvalue weighted by atomic mass is 10.0. The summed E-state index contributed by atoms with van der Waals surface area (Å²) in [6, 6.07) is 6.42. The van der Waals surface area contributed by atoms with Gasteiger partial charge in [-0.1, -0.05) is 0 Å². The van der Waals surface area contributed by atoms with Crippen LogP contribution in [0.25, 0.3) is 0 Å². The van der Waals surface area contributed by atoms with E-state index in [0.29, 0.717) is 11.4 Å². The zero-order chi connectivity index (χ0) is 17.1. The third kappa shape index (κ3) is 3.27. The van der Waals surface area contributed by atoms with Crippen molar-refractivity contribution in [2.75, 3.05) is 23.3 Å². The quantitative estimate of drug-likeness (QED) is 0.925. The molecule has 1 unspecified atom stereocenters. The fourth-order valence-electron chi connectivity index (χ4n) is 2.90. The number of rotatable bonds is 3. The van der Waals surface area contributed by atoms with Gasteiger partial charge in [0.05, 0.1) is 11.4 Å². The normalized spacial score (nSPS) is 17.4. The summed E-state index contributed by atoms with van der Waals surface area (Å²) < 4.78 is 0. The Balaban J connectivity index is 1.76. The Bertz CT molecular complexity index is 764. The zero-order valence-corrected chi connectivity index (χ0v) is 14.2. The number of nitriles is 1. The molecule has 0 aromatic carbocycles. The lowest BCUT2D eigenvalue weighted by Crippen LogP contribution is -2.43. The number of aromatic nitrogens is 4. The number of aryl methyl sites for hydroxylation is 2. The SMILES string of the molecule is Cc1ccc(N2CCCC(Nc3nnc(C)c(C)c3C#N)C2)nn1. The molecular weight excluding hydrogens is 302 g/mol. The van der Waals surface area contributed by atoms with Gasteiger partial charge in [-0.05, 0) is 51.3 Å². The molecule has 0 aliphatic carbocycles. The molecule has 0 bridgehead atoms. The van der Waals surface area contributed by atoms with Gasteiger partial charge >= 0.3 is 0 Å². The smallest absolute Gasteiger partial charge is 0.167 e. The second-order valence-electron chi connectivity index (χ2n) is 6.21. The third-order valence-corrected chi connectivity index (χ3v) is 4.44. The summed E-state index contributed by atoms with van der Waals surface area (Å²) in [5.74, 6) is 1.46. The standard InChI is InChI=1S/C17H21N7/c1-11-6-7-16(22-20-11)24-8-4-5-14(10-24)19-17-15(9-18)12(2)13(3)21-23-17/h6-7,14H,4-5,8,10H2,1-3H3,(H,19,23). The molecule has 3 rings (SSSR count). The maximum Gasteiger partial charge on any atom is 0.167 e. The second kappa shape index (κ2) is 6.79. The zero-order valence-electron chi connectivity index (χ0n) is 14.2. The van der Waals surface area contributed by atoms with E-state index >= 15 is 0 Å². The first-order valence-electron chi connectivity index (χ1n) is 8.14. The summed E-state index contributed by atoms with van der Waals surface area (Å²) in [4.78, 5) is 2.22. The average Bonchev–Trinajstić information content (AvgIpc) is 2.59. The Labute approximate surface area is 141 Å². The van der Waals surface area contributed by atoms with Crippen molar-refractivity contribution in [3.05, 3.63) is 34.6 Å². The van der Waals surface area contributed by atoms with Crippen LogP contribution in [-0.2, 0) is 0 Å². The molecule has 1 atom stereocenters. The summed E-state index contributed by atoms with van der Waals surface area (Å²) in [6.45, 7) is 7.46. The fourth-order valence-corrected chi connectivity index (χ4v) is 2.90. The minimum absolute atomic E-state index is 0.199. The minimum Gasteiger partial charge on any atom is -0.363 e. The maximum atomic E-state index is 9.42. The molecule has 1 N–H and O–H groups in total. The first kappa shape index (κ1) is 16.1. The summed E-state index contributed by atoms with van der Waals surface area (Å²) in [5, 5.41) is 29.5. The molecule has 1 saturated heterocycles. The van der Waals surface area contributed by atoms with Gasteiger partial charge < -0.3 is 10.2 Å². The van der Waals surface area contributed by atoms with E-state index in [4.69, 9.17) is 0 Å². The molecular formula is C17H21N7. The van der Waals surface area contributed by atoms with E-state index in [-0.39, 0.29) is 6.04 Å². The molecule has 124 valence electrons. The van der Waals surface area contributed by atoms with Gasteiger partial charge in [-0.2, -0.15) is 15.5 Å². The molecule has 0 radical (unpaired) electrons. The number of nitrogens with zero attached hydrogens (tertiary/aromatic N) is 6. The van der Waals surface area contributed by atoms with Gasteiger partial charge in [-0.15, -0.1) is 10.2 Å². The van der Waals surface area contributed by atoms with Crippen LogP contribution in [0.15, 0.2) is 12.1 Å². The monoisotopic (exact) mass is 323 g/mol. The van der Waals surface area contributed by atoms with Crippen molar-refractivity contribution in [3.63, 3.8) is 0 Å². The maximum absolute atomic E-state index is 9.42. The van der Waals surface area contributed by atoms with Crippen molar-refractivity contribution < 1.29 is 0 Å². The Kier molecular flexibility index (Phi) is 4.56. The van der Waals surface area contributed by atoms with Crippen LogP contribution in [0.1, 0.15) is 35.4 Å². The number of piperidine rings is 1. The van der Waals surface area contributed by atoms with Crippen molar-refractivity contribution >= 4 is 11.6 Å². The van der Waals surface area contributed by atoms with E-state index in [1.54, 1.807) is 0 Å². The highest BCUT2D eigenvalue weighted by molar-refractivity contribution is 5.56. The molecule has 7 nitrogen and oxygen atoms in total. The van der Waals surface area contributed by atoms with Crippen LogP contribution in [0.4, 0.5) is 11.6 Å². The molecule has 1 aliphatic rings. The number of nitrogens with one attached hydrogen (secondary N) is 1. The number of hydrogen-bond acceptors (Lipinski definition) is 7. The average molecular weight is 323 g/mol. The Morgan fingerprint density at radius 2 is 2.00 bits per heavy atom. The lowest BCUT2D eigenvalue weighted by Gasteiger charge is -2.34. The Hall–Kier alpha value is -2.75. The first-order valence-corrected chi connectivity index (χ1v) is 8.14. The summed E-state index contributed by atoms with van der Waals surface area (Å²) in [6.07, 6.45) is 2.07. The summed E-state index contributed by atoms with van der Waals surface area (Å²) in [5.41, 5.74) is 3.16. The van der Waals surface area contributed by atoms with Crippen LogP contribution >= 0.6 is 0 Å². The van der Waals surface area contributed by atoms with Gasteiger partial charge in [0.1, 0.15) is 11.6 Å². The van der Waals surface area contributed by atoms with E-state index in [0.717, 1.165) is 48.7 Å². The Morgan fingerprint density at radius 1 is 1.17 bits per heavy atom. The number of hydrogen-bond donors (Lipinski definition) is 1. The van der Waals surface area contributed by atoms with Gasteiger partial charge in [0.15, 0.2) is 11.6 Å². The highest BCUT2D eigenvalue weighted by Crippen LogP contribution is 2.22. The van der Waals surface area contributed by atoms with Crippen LogP contribution in [0, 0.1) is 32.1 Å². The lowest BCUT2D eigenvalue weighted by molar-refractivity contribution is 0.523. The predicted molar refractivity (Wildman–Crippen MR) is 91.8 cm³/mol. The highest BCUT2D eigenvalue weighted by Gasteiger charge is 2.23. The molecule has 2 aromatic rings. The second-order valence-corrected chi connectivity index (χ2v) is 6.21. The largest absolute Gasteiger partial charge is 0.363 e. The molecule has 2 aromatic heterocycles. The summed E-state index contributed by atoms with van der Waals surface area (Å²) in [7, 11) is 0.